The van der Waals surface area contributed by atoms with Gasteiger partial charge in [-0.25, -0.2) is 4.79 Å². The Morgan fingerprint density at radius 3 is 2.69 bits per heavy atom. The SMILES string of the molecule is COc1ccc2c(C(=O)O)cc([O-])cc2c1. The van der Waals surface area contributed by atoms with Crippen LogP contribution in [0.25, 0.3) is 10.8 Å². The summed E-state index contributed by atoms with van der Waals surface area (Å²) in [5, 5.41) is 21.4. The maximum atomic E-state index is 11.3. The first-order chi connectivity index (χ1) is 7.61. The van der Waals surface area contributed by atoms with Gasteiger partial charge in [-0.3, -0.25) is 0 Å². The lowest BCUT2D eigenvalue weighted by Gasteiger charge is -2.11. The lowest BCUT2D eigenvalue weighted by molar-refractivity contribution is -0.268. The van der Waals surface area contributed by atoms with Crippen LogP contribution in [0, 0.1) is 0 Å². The Morgan fingerprint density at radius 1 is 1.31 bits per heavy atom. The molecule has 1 N–H and O–H groups in total. The summed E-state index contributed by atoms with van der Waals surface area (Å²) < 4.78 is 5.01. The van der Waals surface area contributed by atoms with Crippen LogP contribution in [0.5, 0.6) is 11.5 Å². The summed E-state index contributed by atoms with van der Waals surface area (Å²) in [5.41, 5.74) is 0.0187. The topological polar surface area (TPSA) is 69.6 Å². The van der Waals surface area contributed by atoms with Crippen molar-refractivity contribution in [3.63, 3.8) is 0 Å². The third-order valence-corrected chi connectivity index (χ3v) is 2.36. The minimum atomic E-state index is -1.10. The Hall–Kier alpha value is -2.23. The van der Waals surface area contributed by atoms with Crippen LogP contribution in [0.3, 0.4) is 0 Å². The molecule has 0 fully saturated rings. The molecule has 0 amide bonds. The van der Waals surface area contributed by atoms with Crippen LogP contribution in [-0.2, 0) is 0 Å². The number of carbonyl (C=O) groups is 1. The van der Waals surface area contributed by atoms with E-state index >= 15 is 0 Å². The van der Waals surface area contributed by atoms with E-state index in [1.165, 1.54) is 13.2 Å². The predicted octanol–water partition coefficient (Wildman–Crippen LogP) is 1.62. The summed E-state index contributed by atoms with van der Waals surface area (Å²) in [6.45, 7) is 0. The highest BCUT2D eigenvalue weighted by Crippen LogP contribution is 2.27. The summed E-state index contributed by atoms with van der Waals surface area (Å²) in [5.74, 6) is -0.833. The quantitative estimate of drug-likeness (QED) is 0.829. The second-order valence-corrected chi connectivity index (χ2v) is 3.36. The van der Waals surface area contributed by atoms with Gasteiger partial charge >= 0.3 is 5.97 Å². The molecule has 0 aliphatic carbocycles. The van der Waals surface area contributed by atoms with Gasteiger partial charge in [-0.15, -0.1) is 5.75 Å². The molecule has 0 saturated carbocycles. The van der Waals surface area contributed by atoms with Gasteiger partial charge in [0.1, 0.15) is 5.75 Å². The molecule has 0 radical (unpaired) electrons. The molecule has 16 heavy (non-hydrogen) atoms. The molecule has 2 aromatic rings. The van der Waals surface area contributed by atoms with Crippen LogP contribution in [0.2, 0.25) is 0 Å². The van der Waals surface area contributed by atoms with Gasteiger partial charge in [-0.2, -0.15) is 0 Å². The minimum absolute atomic E-state index is 0.0187. The molecule has 0 aromatic heterocycles. The maximum absolute atomic E-state index is 11.3. The van der Waals surface area contributed by atoms with Crippen molar-refractivity contribution in [3.05, 3.63) is 35.9 Å². The summed E-state index contributed by atoms with van der Waals surface area (Å²) in [6.07, 6.45) is 0. The minimum Gasteiger partial charge on any atom is -0.872 e. The Kier molecular flexibility index (Phi) is 2.40. The van der Waals surface area contributed by atoms with Crippen molar-refractivity contribution in [1.29, 1.82) is 0 Å². The van der Waals surface area contributed by atoms with Crippen molar-refractivity contribution in [3.8, 4) is 11.5 Å². The van der Waals surface area contributed by atoms with Gasteiger partial charge in [0.2, 0.25) is 0 Å². The number of carboxylic acid groups (broad SMARTS) is 1. The smallest absolute Gasteiger partial charge is 0.336 e. The average molecular weight is 217 g/mol. The van der Waals surface area contributed by atoms with Crippen molar-refractivity contribution in [2.45, 2.75) is 0 Å². The van der Waals surface area contributed by atoms with Gasteiger partial charge in [0.05, 0.1) is 12.7 Å². The molecule has 0 aliphatic heterocycles. The van der Waals surface area contributed by atoms with Crippen LogP contribution < -0.4 is 9.84 Å². The Labute approximate surface area is 91.7 Å². The summed E-state index contributed by atoms with van der Waals surface area (Å²) >= 11 is 0. The molecule has 4 heteroatoms. The van der Waals surface area contributed by atoms with Crippen LogP contribution in [0.4, 0.5) is 0 Å². The molecule has 0 aliphatic rings. The molecule has 2 rings (SSSR count). The first kappa shape index (κ1) is 10.3. The highest BCUT2D eigenvalue weighted by atomic mass is 16.5. The first-order valence-electron chi connectivity index (χ1n) is 4.64. The summed E-state index contributed by atoms with van der Waals surface area (Å²) in [6, 6.07) is 7.46. The third-order valence-electron chi connectivity index (χ3n) is 2.36. The zero-order chi connectivity index (χ0) is 11.7. The highest BCUT2D eigenvalue weighted by Gasteiger charge is 2.08. The Bertz CT molecular complexity index is 560. The number of benzene rings is 2. The van der Waals surface area contributed by atoms with Crippen molar-refractivity contribution >= 4 is 16.7 Å². The van der Waals surface area contributed by atoms with E-state index in [0.29, 0.717) is 16.5 Å². The van der Waals surface area contributed by atoms with Crippen LogP contribution >= 0.6 is 0 Å². The zero-order valence-corrected chi connectivity index (χ0v) is 8.56. The maximum Gasteiger partial charge on any atom is 0.336 e. The molecule has 4 nitrogen and oxygen atoms in total. The normalized spacial score (nSPS) is 10.3. The Morgan fingerprint density at radius 2 is 2.06 bits per heavy atom. The van der Waals surface area contributed by atoms with E-state index in [1.807, 2.05) is 0 Å². The van der Waals surface area contributed by atoms with Crippen LogP contribution in [0.15, 0.2) is 30.3 Å². The number of fused-ring (bicyclic) bond motifs is 1. The van der Waals surface area contributed by atoms with Crippen molar-refractivity contribution in [2.24, 2.45) is 0 Å². The standard InChI is InChI=1S/C12H10O4/c1-16-9-2-3-10-7(5-9)4-8(13)6-11(10)12(14)15/h2-6,13H,1H3,(H,14,15)/p-1. The predicted molar refractivity (Wildman–Crippen MR) is 56.9 cm³/mol. The average Bonchev–Trinajstić information content (AvgIpc) is 2.26. The zero-order valence-electron chi connectivity index (χ0n) is 8.56. The van der Waals surface area contributed by atoms with Gasteiger partial charge in [-0.05, 0) is 29.0 Å². The number of hydrogen-bond acceptors (Lipinski definition) is 3. The number of carboxylic acids is 1. The lowest BCUT2D eigenvalue weighted by atomic mass is 10.0. The molecular weight excluding hydrogens is 208 g/mol. The number of methoxy groups -OCH3 is 1. The van der Waals surface area contributed by atoms with Gasteiger partial charge in [0, 0.05) is 0 Å². The van der Waals surface area contributed by atoms with Gasteiger partial charge in [-0.1, -0.05) is 12.1 Å². The largest absolute Gasteiger partial charge is 0.872 e. The summed E-state index contributed by atoms with van der Waals surface area (Å²) in [7, 11) is 1.51. The second kappa shape index (κ2) is 3.73. The van der Waals surface area contributed by atoms with Crippen LogP contribution in [-0.4, -0.2) is 18.2 Å². The van der Waals surface area contributed by atoms with Gasteiger partial charge < -0.3 is 14.9 Å². The fourth-order valence-corrected chi connectivity index (χ4v) is 1.62. The third kappa shape index (κ3) is 1.65. The van der Waals surface area contributed by atoms with E-state index in [2.05, 4.69) is 0 Å². The lowest BCUT2D eigenvalue weighted by Crippen LogP contribution is -2.00. The van der Waals surface area contributed by atoms with E-state index in [9.17, 15) is 9.90 Å². The summed E-state index contributed by atoms with van der Waals surface area (Å²) in [4.78, 5) is 11.0. The van der Waals surface area contributed by atoms with E-state index < -0.39 is 5.97 Å². The molecule has 0 atom stereocenters. The molecule has 0 heterocycles. The molecule has 0 bridgehead atoms. The molecule has 2 aromatic carbocycles. The molecule has 0 unspecified atom stereocenters. The first-order valence-corrected chi connectivity index (χ1v) is 4.64. The monoisotopic (exact) mass is 217 g/mol. The molecule has 82 valence electrons. The Balaban J connectivity index is 2.78. The number of aromatic carboxylic acids is 1. The molecular formula is C12H9O4-. The van der Waals surface area contributed by atoms with E-state index in [4.69, 9.17) is 9.84 Å². The van der Waals surface area contributed by atoms with E-state index in [1.54, 1.807) is 18.2 Å². The molecule has 0 spiro atoms. The van der Waals surface area contributed by atoms with Crippen molar-refractivity contribution < 1.29 is 19.7 Å². The fraction of sp³-hybridized carbons (Fsp3) is 0.0833. The molecule has 0 saturated heterocycles. The highest BCUT2D eigenvalue weighted by molar-refractivity contribution is 6.04. The van der Waals surface area contributed by atoms with E-state index in [-0.39, 0.29) is 11.3 Å². The van der Waals surface area contributed by atoms with Crippen molar-refractivity contribution in [1.82, 2.24) is 0 Å². The fourth-order valence-electron chi connectivity index (χ4n) is 1.62. The van der Waals surface area contributed by atoms with Crippen molar-refractivity contribution in [2.75, 3.05) is 7.11 Å². The van der Waals surface area contributed by atoms with Gasteiger partial charge in [0.15, 0.2) is 0 Å². The van der Waals surface area contributed by atoms with Gasteiger partial charge in [0.25, 0.3) is 0 Å². The number of ether oxygens (including phenoxy) is 1. The number of rotatable bonds is 2. The second-order valence-electron chi connectivity index (χ2n) is 3.36. The van der Waals surface area contributed by atoms with Crippen LogP contribution in [0.1, 0.15) is 10.4 Å². The van der Waals surface area contributed by atoms with E-state index in [0.717, 1.165) is 6.07 Å². The number of hydrogen-bond donors (Lipinski definition) is 1.